The van der Waals surface area contributed by atoms with Gasteiger partial charge in [-0.3, -0.25) is 14.6 Å². The van der Waals surface area contributed by atoms with Crippen molar-refractivity contribution in [3.8, 4) is 11.5 Å². The van der Waals surface area contributed by atoms with E-state index in [1.54, 1.807) is 36.8 Å². The Morgan fingerprint density at radius 1 is 1.29 bits per heavy atom. The van der Waals surface area contributed by atoms with Crippen molar-refractivity contribution in [1.82, 2.24) is 30.2 Å². The molecule has 4 rings (SSSR count). The minimum absolute atomic E-state index is 0.00137. The minimum atomic E-state index is -0.349. The minimum Gasteiger partial charge on any atom is -0.383 e. The number of nitrogens with one attached hydrogen (secondary N) is 1. The van der Waals surface area contributed by atoms with Gasteiger partial charge in [-0.1, -0.05) is 13.8 Å². The highest BCUT2D eigenvalue weighted by Gasteiger charge is 2.38. The molecule has 9 nitrogen and oxygen atoms in total. The highest BCUT2D eigenvalue weighted by atomic mass is 16.5. The van der Waals surface area contributed by atoms with Gasteiger partial charge in [0.1, 0.15) is 5.69 Å². The molecule has 0 spiro atoms. The van der Waals surface area contributed by atoms with Gasteiger partial charge in [-0.15, -0.1) is 0 Å². The number of methoxy groups -OCH3 is 1. The zero-order valence-corrected chi connectivity index (χ0v) is 18.2. The Morgan fingerprint density at radius 2 is 2.13 bits per heavy atom. The molecule has 1 aliphatic heterocycles. The Balaban J connectivity index is 1.52. The van der Waals surface area contributed by atoms with Crippen molar-refractivity contribution in [1.29, 1.82) is 0 Å². The number of hydrogen-bond donors (Lipinski definition) is 1. The van der Waals surface area contributed by atoms with E-state index in [-0.39, 0.29) is 35.6 Å². The van der Waals surface area contributed by atoms with Crippen molar-refractivity contribution in [3.63, 3.8) is 0 Å². The number of nitrogens with zero attached hydrogens (tertiary/aromatic N) is 5. The molecule has 31 heavy (non-hydrogen) atoms. The van der Waals surface area contributed by atoms with Gasteiger partial charge >= 0.3 is 0 Å². The van der Waals surface area contributed by atoms with E-state index >= 15 is 0 Å². The zero-order valence-electron chi connectivity index (χ0n) is 18.2. The first kappa shape index (κ1) is 21.3. The SMILES string of the molecule is COCCN1C[C@H](C(=O)N[C@H]2CC(C)(C)Cc3nc(-c4cnccn4)ncc32)CC1=O. The topological polar surface area (TPSA) is 110 Å². The summed E-state index contributed by atoms with van der Waals surface area (Å²) in [5, 5.41) is 3.17. The Hall–Kier alpha value is -2.94. The average molecular weight is 425 g/mol. The van der Waals surface area contributed by atoms with Crippen molar-refractivity contribution in [2.75, 3.05) is 26.8 Å². The fourth-order valence-electron chi connectivity index (χ4n) is 4.37. The molecule has 1 saturated heterocycles. The normalized spacial score (nSPS) is 22.3. The molecule has 1 aliphatic carbocycles. The summed E-state index contributed by atoms with van der Waals surface area (Å²) in [5.74, 6) is 0.0841. The van der Waals surface area contributed by atoms with Crippen LogP contribution in [0.15, 0.2) is 24.8 Å². The second-order valence-electron chi connectivity index (χ2n) is 9.03. The fourth-order valence-corrected chi connectivity index (χ4v) is 4.37. The van der Waals surface area contributed by atoms with Gasteiger partial charge in [0.05, 0.1) is 30.5 Å². The summed E-state index contributed by atoms with van der Waals surface area (Å²) in [6.45, 7) is 5.75. The molecule has 9 heteroatoms. The first-order valence-corrected chi connectivity index (χ1v) is 10.6. The molecule has 1 fully saturated rings. The average Bonchev–Trinajstić information content (AvgIpc) is 3.12. The number of carbonyl (C=O) groups is 2. The predicted molar refractivity (Wildman–Crippen MR) is 113 cm³/mol. The molecule has 0 saturated carbocycles. The summed E-state index contributed by atoms with van der Waals surface area (Å²) in [7, 11) is 1.60. The maximum absolute atomic E-state index is 13.0. The van der Waals surface area contributed by atoms with Crippen LogP contribution in [0.25, 0.3) is 11.5 Å². The van der Waals surface area contributed by atoms with Crippen LogP contribution in [0.1, 0.15) is 44.0 Å². The smallest absolute Gasteiger partial charge is 0.225 e. The molecule has 0 bridgehead atoms. The van der Waals surface area contributed by atoms with Crippen LogP contribution in [0.5, 0.6) is 0 Å². The summed E-state index contributed by atoms with van der Waals surface area (Å²) in [5.41, 5.74) is 2.44. The third kappa shape index (κ3) is 4.71. The van der Waals surface area contributed by atoms with Crippen LogP contribution in [0.4, 0.5) is 0 Å². The molecule has 0 aromatic carbocycles. The number of likely N-dealkylation sites (tertiary alicyclic amines) is 1. The quantitative estimate of drug-likeness (QED) is 0.749. The van der Waals surface area contributed by atoms with Crippen LogP contribution in [0, 0.1) is 11.3 Å². The lowest BCUT2D eigenvalue weighted by molar-refractivity contribution is -0.129. The van der Waals surface area contributed by atoms with Crippen molar-refractivity contribution in [2.45, 2.75) is 39.2 Å². The zero-order chi connectivity index (χ0) is 22.0. The first-order chi connectivity index (χ1) is 14.9. The largest absolute Gasteiger partial charge is 0.383 e. The van der Waals surface area contributed by atoms with E-state index in [0.717, 1.165) is 24.1 Å². The van der Waals surface area contributed by atoms with Gasteiger partial charge in [0.2, 0.25) is 11.8 Å². The molecular formula is C22H28N6O3. The van der Waals surface area contributed by atoms with E-state index in [0.29, 0.717) is 31.2 Å². The lowest BCUT2D eigenvalue weighted by Crippen LogP contribution is -2.40. The molecule has 3 heterocycles. The molecule has 2 aromatic rings. The number of aromatic nitrogens is 4. The van der Waals surface area contributed by atoms with Crippen LogP contribution in [-0.2, 0) is 20.7 Å². The van der Waals surface area contributed by atoms with Gasteiger partial charge in [-0.2, -0.15) is 0 Å². The van der Waals surface area contributed by atoms with Gasteiger partial charge in [0.15, 0.2) is 5.82 Å². The van der Waals surface area contributed by atoms with Gasteiger partial charge in [-0.05, 0) is 18.3 Å². The monoisotopic (exact) mass is 424 g/mol. The highest BCUT2D eigenvalue weighted by molar-refractivity contribution is 5.89. The van der Waals surface area contributed by atoms with E-state index in [2.05, 4.69) is 34.1 Å². The van der Waals surface area contributed by atoms with E-state index in [1.807, 2.05) is 0 Å². The lowest BCUT2D eigenvalue weighted by atomic mass is 9.74. The molecule has 1 N–H and O–H groups in total. The number of hydrogen-bond acceptors (Lipinski definition) is 7. The summed E-state index contributed by atoms with van der Waals surface area (Å²) in [4.78, 5) is 44.5. The molecule has 0 unspecified atom stereocenters. The van der Waals surface area contributed by atoms with Gasteiger partial charge in [-0.25, -0.2) is 15.0 Å². The van der Waals surface area contributed by atoms with Crippen molar-refractivity contribution >= 4 is 11.8 Å². The van der Waals surface area contributed by atoms with Crippen molar-refractivity contribution in [3.05, 3.63) is 36.0 Å². The standard InChI is InChI=1S/C22H28N6O3/c1-22(2)9-16-15(11-25-20(26-16)18-12-23-4-5-24-18)17(10-22)27-21(30)14-8-19(29)28(13-14)6-7-31-3/h4-5,11-12,14,17H,6-10,13H2,1-3H3,(H,27,30)/t14-,17+/m1/s1. The maximum Gasteiger partial charge on any atom is 0.225 e. The molecule has 2 atom stereocenters. The Bertz CT molecular complexity index is 965. The highest BCUT2D eigenvalue weighted by Crippen LogP contribution is 2.40. The first-order valence-electron chi connectivity index (χ1n) is 10.6. The molecule has 164 valence electrons. The van der Waals surface area contributed by atoms with Crippen LogP contribution >= 0.6 is 0 Å². The second kappa shape index (κ2) is 8.66. The number of fused-ring (bicyclic) bond motifs is 1. The molecule has 2 aliphatic rings. The molecule has 2 amide bonds. The van der Waals surface area contributed by atoms with Crippen LogP contribution in [0.2, 0.25) is 0 Å². The summed E-state index contributed by atoms with van der Waals surface area (Å²) >= 11 is 0. The molecule has 2 aromatic heterocycles. The summed E-state index contributed by atoms with van der Waals surface area (Å²) < 4.78 is 5.06. The second-order valence-corrected chi connectivity index (χ2v) is 9.03. The van der Waals surface area contributed by atoms with E-state index in [4.69, 9.17) is 9.72 Å². The van der Waals surface area contributed by atoms with Gasteiger partial charge in [0, 0.05) is 50.8 Å². The number of amides is 2. The van der Waals surface area contributed by atoms with Crippen LogP contribution < -0.4 is 5.32 Å². The Kier molecular flexibility index (Phi) is 5.95. The third-order valence-electron chi connectivity index (χ3n) is 5.94. The van der Waals surface area contributed by atoms with E-state index in [9.17, 15) is 9.59 Å². The van der Waals surface area contributed by atoms with Crippen LogP contribution in [0.3, 0.4) is 0 Å². The summed E-state index contributed by atoms with van der Waals surface area (Å²) in [6.07, 6.45) is 8.47. The number of rotatable bonds is 6. The lowest BCUT2D eigenvalue weighted by Gasteiger charge is -2.36. The Labute approximate surface area is 181 Å². The Morgan fingerprint density at radius 3 is 2.87 bits per heavy atom. The molecular weight excluding hydrogens is 396 g/mol. The van der Waals surface area contributed by atoms with E-state index < -0.39 is 0 Å². The third-order valence-corrected chi connectivity index (χ3v) is 5.94. The molecule has 0 radical (unpaired) electrons. The van der Waals surface area contributed by atoms with E-state index in [1.165, 1.54) is 0 Å². The predicted octanol–water partition coefficient (Wildman–Crippen LogP) is 1.56. The number of ether oxygens (including phenoxy) is 1. The van der Waals surface area contributed by atoms with Crippen LogP contribution in [-0.4, -0.2) is 63.5 Å². The van der Waals surface area contributed by atoms with Gasteiger partial charge in [0.25, 0.3) is 0 Å². The van der Waals surface area contributed by atoms with Gasteiger partial charge < -0.3 is 15.0 Å². The van der Waals surface area contributed by atoms with Crippen molar-refractivity contribution < 1.29 is 14.3 Å². The fraction of sp³-hybridized carbons (Fsp3) is 0.545. The van der Waals surface area contributed by atoms with Crippen molar-refractivity contribution in [2.24, 2.45) is 11.3 Å². The maximum atomic E-state index is 13.0. The number of carbonyl (C=O) groups excluding carboxylic acids is 2. The summed E-state index contributed by atoms with van der Waals surface area (Å²) in [6, 6.07) is -0.190.